The first kappa shape index (κ1) is 24.1. The molecule has 186 valence electrons. The second kappa shape index (κ2) is 9.43. The number of benzene rings is 2. The molecule has 1 N–H and O–H groups in total. The van der Waals surface area contributed by atoms with Crippen LogP contribution in [-0.4, -0.2) is 55.2 Å². The highest BCUT2D eigenvalue weighted by Crippen LogP contribution is 2.30. The zero-order valence-corrected chi connectivity index (χ0v) is 21.6. The molecular formula is C27H29ClN6O2. The Hall–Kier alpha value is -3.65. The van der Waals surface area contributed by atoms with Crippen molar-refractivity contribution in [1.82, 2.24) is 29.5 Å². The van der Waals surface area contributed by atoms with Crippen molar-refractivity contribution in [2.24, 2.45) is 14.1 Å². The van der Waals surface area contributed by atoms with Gasteiger partial charge >= 0.3 is 0 Å². The largest absolute Gasteiger partial charge is 0.347 e. The highest BCUT2D eigenvalue weighted by atomic mass is 35.5. The number of likely N-dealkylation sites (tertiary alicyclic amines) is 1. The lowest BCUT2D eigenvalue weighted by atomic mass is 9.85. The predicted molar refractivity (Wildman–Crippen MR) is 139 cm³/mol. The number of imidazole rings is 1. The standard InChI is InChI=1S/C27H29ClN6O2/c1-16-17(2)31-33(4)25(16)26(35)30-22-10-11-34(14-20(22)18-8-6-5-7-9-18)27(36)19-12-21(28)24-23(13-19)32(3)15-29-24/h5-9,12-13,15,20,22H,10-11,14H2,1-4H3,(H,30,35)/t20-,22-/m1/s1. The predicted octanol–water partition coefficient (Wildman–Crippen LogP) is 4.01. The Kier molecular flexibility index (Phi) is 6.30. The molecule has 2 aromatic heterocycles. The molecule has 5 rings (SSSR count). The molecule has 2 aromatic carbocycles. The summed E-state index contributed by atoms with van der Waals surface area (Å²) in [6.07, 6.45) is 2.32. The fourth-order valence-corrected chi connectivity index (χ4v) is 5.42. The maximum atomic E-state index is 13.6. The fourth-order valence-electron chi connectivity index (χ4n) is 5.16. The number of aryl methyl sites for hydroxylation is 3. The first-order valence-electron chi connectivity index (χ1n) is 12.0. The van der Waals surface area contributed by atoms with E-state index >= 15 is 0 Å². The number of halogens is 1. The minimum atomic E-state index is -0.144. The molecule has 0 radical (unpaired) electrons. The monoisotopic (exact) mass is 504 g/mol. The maximum absolute atomic E-state index is 13.6. The summed E-state index contributed by atoms with van der Waals surface area (Å²) < 4.78 is 3.49. The summed E-state index contributed by atoms with van der Waals surface area (Å²) in [7, 11) is 3.67. The molecule has 4 aromatic rings. The molecule has 8 nitrogen and oxygen atoms in total. The average molecular weight is 505 g/mol. The van der Waals surface area contributed by atoms with Crippen LogP contribution in [0, 0.1) is 13.8 Å². The number of amides is 2. The number of nitrogens with one attached hydrogen (secondary N) is 1. The summed E-state index contributed by atoms with van der Waals surface area (Å²) >= 11 is 6.45. The van der Waals surface area contributed by atoms with Gasteiger partial charge in [-0.15, -0.1) is 0 Å². The number of aromatic nitrogens is 4. The van der Waals surface area contributed by atoms with Crippen molar-refractivity contribution in [1.29, 1.82) is 0 Å². The summed E-state index contributed by atoms with van der Waals surface area (Å²) in [5.74, 6) is -0.281. The first-order chi connectivity index (χ1) is 17.2. The van der Waals surface area contributed by atoms with E-state index in [-0.39, 0.29) is 23.8 Å². The van der Waals surface area contributed by atoms with Gasteiger partial charge in [0.2, 0.25) is 0 Å². The van der Waals surface area contributed by atoms with E-state index in [0.717, 1.165) is 22.3 Å². The van der Waals surface area contributed by atoms with E-state index in [2.05, 4.69) is 27.5 Å². The Morgan fingerprint density at radius 2 is 1.86 bits per heavy atom. The van der Waals surface area contributed by atoms with Crippen LogP contribution < -0.4 is 5.32 Å². The summed E-state index contributed by atoms with van der Waals surface area (Å²) in [6, 6.07) is 13.5. The van der Waals surface area contributed by atoms with Crippen LogP contribution in [0.2, 0.25) is 5.02 Å². The van der Waals surface area contributed by atoms with Crippen molar-refractivity contribution < 1.29 is 9.59 Å². The zero-order chi connectivity index (χ0) is 25.6. The van der Waals surface area contributed by atoms with Crippen LogP contribution in [-0.2, 0) is 14.1 Å². The molecule has 0 bridgehead atoms. The van der Waals surface area contributed by atoms with E-state index in [1.165, 1.54) is 0 Å². The number of piperidine rings is 1. The van der Waals surface area contributed by atoms with E-state index in [9.17, 15) is 9.59 Å². The number of hydrogen-bond acceptors (Lipinski definition) is 4. The lowest BCUT2D eigenvalue weighted by Crippen LogP contribution is -2.51. The van der Waals surface area contributed by atoms with Gasteiger partial charge in [0.05, 0.1) is 22.6 Å². The minimum absolute atomic E-state index is 0.0570. The van der Waals surface area contributed by atoms with Gasteiger partial charge in [-0.25, -0.2) is 4.98 Å². The van der Waals surface area contributed by atoms with Crippen LogP contribution in [0.3, 0.4) is 0 Å². The first-order valence-corrected chi connectivity index (χ1v) is 12.4. The average Bonchev–Trinajstić information content (AvgIpc) is 3.37. The Bertz CT molecular complexity index is 1460. The molecule has 0 spiro atoms. The molecule has 0 unspecified atom stereocenters. The lowest BCUT2D eigenvalue weighted by molar-refractivity contribution is 0.0671. The summed E-state index contributed by atoms with van der Waals surface area (Å²) in [6.45, 7) is 4.82. The van der Waals surface area contributed by atoms with Crippen molar-refractivity contribution in [2.75, 3.05) is 13.1 Å². The smallest absolute Gasteiger partial charge is 0.270 e. The molecule has 36 heavy (non-hydrogen) atoms. The summed E-state index contributed by atoms with van der Waals surface area (Å²) in [5, 5.41) is 8.09. The van der Waals surface area contributed by atoms with Gasteiger partial charge in [-0.2, -0.15) is 5.10 Å². The molecule has 0 saturated carbocycles. The van der Waals surface area contributed by atoms with Gasteiger partial charge in [0.25, 0.3) is 11.8 Å². The Morgan fingerprint density at radius 1 is 1.11 bits per heavy atom. The summed E-state index contributed by atoms with van der Waals surface area (Å²) in [4.78, 5) is 33.0. The fraction of sp³-hybridized carbons (Fsp3) is 0.333. The van der Waals surface area contributed by atoms with E-state index in [0.29, 0.717) is 41.3 Å². The van der Waals surface area contributed by atoms with Crippen LogP contribution in [0.25, 0.3) is 11.0 Å². The van der Waals surface area contributed by atoms with Crippen molar-refractivity contribution in [3.63, 3.8) is 0 Å². The molecule has 0 aliphatic carbocycles. The van der Waals surface area contributed by atoms with Gasteiger partial charge in [-0.1, -0.05) is 41.9 Å². The third-order valence-electron chi connectivity index (χ3n) is 7.21. The van der Waals surface area contributed by atoms with Gasteiger partial charge in [-0.05, 0) is 38.0 Å². The number of hydrogen-bond donors (Lipinski definition) is 1. The van der Waals surface area contributed by atoms with E-state index in [1.807, 2.05) is 54.6 Å². The van der Waals surface area contributed by atoms with Crippen molar-refractivity contribution in [2.45, 2.75) is 32.2 Å². The highest BCUT2D eigenvalue weighted by molar-refractivity contribution is 6.35. The van der Waals surface area contributed by atoms with Crippen molar-refractivity contribution in [3.8, 4) is 0 Å². The Labute approximate surface area is 214 Å². The Morgan fingerprint density at radius 3 is 2.56 bits per heavy atom. The normalized spacial score (nSPS) is 18.0. The number of fused-ring (bicyclic) bond motifs is 1. The van der Waals surface area contributed by atoms with E-state index in [4.69, 9.17) is 11.6 Å². The Balaban J connectivity index is 1.42. The van der Waals surface area contributed by atoms with E-state index in [1.54, 1.807) is 24.1 Å². The number of nitrogens with zero attached hydrogens (tertiary/aromatic N) is 5. The van der Waals surface area contributed by atoms with Gasteiger partial charge in [0.1, 0.15) is 11.2 Å². The molecule has 1 aliphatic rings. The van der Waals surface area contributed by atoms with Crippen molar-refractivity contribution >= 4 is 34.4 Å². The molecule has 3 heterocycles. The zero-order valence-electron chi connectivity index (χ0n) is 20.8. The third-order valence-corrected chi connectivity index (χ3v) is 7.50. The lowest BCUT2D eigenvalue weighted by Gasteiger charge is -2.39. The van der Waals surface area contributed by atoms with Gasteiger partial charge in [0.15, 0.2) is 0 Å². The topological polar surface area (TPSA) is 85.1 Å². The quantitative estimate of drug-likeness (QED) is 0.455. The van der Waals surface area contributed by atoms with Crippen LogP contribution in [0.5, 0.6) is 0 Å². The van der Waals surface area contributed by atoms with Gasteiger partial charge in [-0.3, -0.25) is 14.3 Å². The van der Waals surface area contributed by atoms with Crippen LogP contribution in [0.15, 0.2) is 48.8 Å². The molecule has 1 fully saturated rings. The molecule has 1 aliphatic heterocycles. The molecule has 9 heteroatoms. The number of carbonyl (C=O) groups excluding carboxylic acids is 2. The van der Waals surface area contributed by atoms with E-state index < -0.39 is 0 Å². The second-order valence-electron chi connectivity index (χ2n) is 9.50. The highest BCUT2D eigenvalue weighted by Gasteiger charge is 2.35. The van der Waals surface area contributed by atoms with Crippen molar-refractivity contribution in [3.05, 3.63) is 81.9 Å². The third kappa shape index (κ3) is 4.26. The van der Waals surface area contributed by atoms with Gasteiger partial charge < -0.3 is 14.8 Å². The molecule has 2 amide bonds. The molecule has 2 atom stereocenters. The second-order valence-corrected chi connectivity index (χ2v) is 9.91. The number of carbonyl (C=O) groups is 2. The van der Waals surface area contributed by atoms with Crippen LogP contribution in [0.4, 0.5) is 0 Å². The summed E-state index contributed by atoms with van der Waals surface area (Å²) in [5.41, 5.74) is 5.39. The van der Waals surface area contributed by atoms with Crippen LogP contribution >= 0.6 is 11.6 Å². The van der Waals surface area contributed by atoms with Crippen LogP contribution in [0.1, 0.15) is 50.0 Å². The number of rotatable bonds is 4. The maximum Gasteiger partial charge on any atom is 0.270 e. The minimum Gasteiger partial charge on any atom is -0.347 e. The molecular weight excluding hydrogens is 476 g/mol. The SMILES string of the molecule is Cc1nn(C)c(C(=O)N[C@@H]2CCN(C(=O)c3cc(Cl)c4ncn(C)c4c3)C[C@@H]2c2ccccc2)c1C. The molecule has 1 saturated heterocycles. The van der Waals surface area contributed by atoms with Gasteiger partial charge in [0, 0.05) is 50.3 Å².